The van der Waals surface area contributed by atoms with E-state index in [2.05, 4.69) is 15.4 Å². The highest BCUT2D eigenvalue weighted by atomic mass is 19.1. The van der Waals surface area contributed by atoms with E-state index in [1.807, 2.05) is 20.8 Å². The average Bonchev–Trinajstić information content (AvgIpc) is 2.37. The van der Waals surface area contributed by atoms with E-state index in [1.54, 1.807) is 0 Å². The smallest absolute Gasteiger partial charge is 0.337 e. The summed E-state index contributed by atoms with van der Waals surface area (Å²) in [5.41, 5.74) is -0.0920. The quantitative estimate of drug-likeness (QED) is 0.828. The summed E-state index contributed by atoms with van der Waals surface area (Å²) in [6, 6.07) is 3.65. The van der Waals surface area contributed by atoms with E-state index < -0.39 is 11.8 Å². The van der Waals surface area contributed by atoms with Crippen molar-refractivity contribution in [2.45, 2.75) is 26.3 Å². The molecule has 0 heterocycles. The Morgan fingerprint density at radius 1 is 1.30 bits per heavy atom. The van der Waals surface area contributed by atoms with Crippen LogP contribution in [0.2, 0.25) is 0 Å². The van der Waals surface area contributed by atoms with Crippen LogP contribution >= 0.6 is 0 Å². The molecule has 0 aliphatic carbocycles. The lowest BCUT2D eigenvalue weighted by Gasteiger charge is -2.20. The van der Waals surface area contributed by atoms with Crippen LogP contribution in [-0.2, 0) is 9.53 Å². The second kappa shape index (κ2) is 6.47. The topological polar surface area (TPSA) is 67.4 Å². The van der Waals surface area contributed by atoms with Crippen molar-refractivity contribution >= 4 is 17.6 Å². The zero-order valence-electron chi connectivity index (χ0n) is 12.0. The summed E-state index contributed by atoms with van der Waals surface area (Å²) in [4.78, 5) is 23.1. The van der Waals surface area contributed by atoms with Gasteiger partial charge in [-0.05, 0) is 39.0 Å². The van der Waals surface area contributed by atoms with Crippen LogP contribution < -0.4 is 10.6 Å². The largest absolute Gasteiger partial charge is 0.465 e. The first kappa shape index (κ1) is 16.1. The lowest BCUT2D eigenvalue weighted by Crippen LogP contribution is -2.41. The standard InChI is InChI=1S/C14H19FN2O3/c1-14(2,3)16-8-12(18)17-11-7-9(13(19)20-4)5-6-10(11)15/h5-7,16H,8H2,1-4H3,(H,17,18). The molecule has 20 heavy (non-hydrogen) atoms. The lowest BCUT2D eigenvalue weighted by atomic mass is 10.1. The number of ether oxygens (including phenoxy) is 1. The number of esters is 1. The number of methoxy groups -OCH3 is 1. The Balaban J connectivity index is 2.76. The van der Waals surface area contributed by atoms with Gasteiger partial charge in [-0.15, -0.1) is 0 Å². The van der Waals surface area contributed by atoms with Gasteiger partial charge in [0.1, 0.15) is 5.82 Å². The number of nitrogens with one attached hydrogen (secondary N) is 2. The maximum Gasteiger partial charge on any atom is 0.337 e. The maximum atomic E-state index is 13.6. The molecule has 0 aliphatic heterocycles. The first-order valence-corrected chi connectivity index (χ1v) is 6.15. The number of rotatable bonds is 4. The maximum absolute atomic E-state index is 13.6. The first-order valence-electron chi connectivity index (χ1n) is 6.15. The molecule has 0 saturated carbocycles. The van der Waals surface area contributed by atoms with E-state index in [0.717, 1.165) is 6.07 Å². The summed E-state index contributed by atoms with van der Waals surface area (Å²) >= 11 is 0. The fourth-order valence-corrected chi connectivity index (χ4v) is 1.41. The summed E-state index contributed by atoms with van der Waals surface area (Å²) in [7, 11) is 1.23. The average molecular weight is 282 g/mol. The van der Waals surface area contributed by atoms with E-state index in [9.17, 15) is 14.0 Å². The number of carbonyl (C=O) groups excluding carboxylic acids is 2. The Morgan fingerprint density at radius 3 is 2.50 bits per heavy atom. The van der Waals surface area contributed by atoms with Crippen LogP contribution in [0.1, 0.15) is 31.1 Å². The molecule has 0 aliphatic rings. The van der Waals surface area contributed by atoms with Crippen LogP contribution in [-0.4, -0.2) is 31.1 Å². The summed E-state index contributed by atoms with van der Waals surface area (Å²) in [6.07, 6.45) is 0. The lowest BCUT2D eigenvalue weighted by molar-refractivity contribution is -0.115. The monoisotopic (exact) mass is 282 g/mol. The van der Waals surface area contributed by atoms with Gasteiger partial charge in [-0.3, -0.25) is 4.79 Å². The molecule has 0 spiro atoms. The highest BCUT2D eigenvalue weighted by Crippen LogP contribution is 2.16. The van der Waals surface area contributed by atoms with Gasteiger partial charge in [0.05, 0.1) is 24.9 Å². The van der Waals surface area contributed by atoms with Crippen LogP contribution in [0.3, 0.4) is 0 Å². The molecule has 0 saturated heterocycles. The molecule has 0 radical (unpaired) electrons. The highest BCUT2D eigenvalue weighted by molar-refractivity contribution is 5.95. The van der Waals surface area contributed by atoms with Crippen LogP contribution in [0, 0.1) is 5.82 Å². The van der Waals surface area contributed by atoms with Gasteiger partial charge < -0.3 is 15.4 Å². The Morgan fingerprint density at radius 2 is 1.95 bits per heavy atom. The third-order valence-corrected chi connectivity index (χ3v) is 2.44. The minimum Gasteiger partial charge on any atom is -0.465 e. The number of amides is 1. The predicted octanol–water partition coefficient (Wildman–Crippen LogP) is 1.94. The van der Waals surface area contributed by atoms with E-state index in [0.29, 0.717) is 0 Å². The van der Waals surface area contributed by atoms with Crippen LogP contribution in [0.5, 0.6) is 0 Å². The van der Waals surface area contributed by atoms with Crippen LogP contribution in [0.25, 0.3) is 0 Å². The Hall–Kier alpha value is -1.95. The zero-order valence-corrected chi connectivity index (χ0v) is 12.0. The molecule has 0 bridgehead atoms. The first-order chi connectivity index (χ1) is 9.23. The molecule has 0 fully saturated rings. The van der Waals surface area contributed by atoms with Crippen molar-refractivity contribution in [2.75, 3.05) is 19.0 Å². The second-order valence-corrected chi connectivity index (χ2v) is 5.34. The third kappa shape index (κ3) is 4.97. The van der Waals surface area contributed by atoms with E-state index >= 15 is 0 Å². The van der Waals surface area contributed by atoms with Crippen molar-refractivity contribution in [2.24, 2.45) is 0 Å². The van der Waals surface area contributed by atoms with Crippen LogP contribution in [0.15, 0.2) is 18.2 Å². The number of benzene rings is 1. The van der Waals surface area contributed by atoms with Gasteiger partial charge in [-0.25, -0.2) is 9.18 Å². The van der Waals surface area contributed by atoms with Crippen molar-refractivity contribution < 1.29 is 18.7 Å². The van der Waals surface area contributed by atoms with Gasteiger partial charge in [0, 0.05) is 5.54 Å². The predicted molar refractivity (Wildman–Crippen MR) is 74.1 cm³/mol. The summed E-state index contributed by atoms with van der Waals surface area (Å²) in [5.74, 6) is -1.59. The molecular weight excluding hydrogens is 263 g/mol. The number of carbonyl (C=O) groups is 2. The second-order valence-electron chi connectivity index (χ2n) is 5.34. The molecule has 1 aromatic rings. The van der Waals surface area contributed by atoms with Gasteiger partial charge in [0.15, 0.2) is 0 Å². The molecule has 0 unspecified atom stereocenters. The van der Waals surface area contributed by atoms with Crippen molar-refractivity contribution in [3.8, 4) is 0 Å². The molecule has 1 rings (SSSR count). The molecule has 5 nitrogen and oxygen atoms in total. The minimum atomic E-state index is -0.609. The van der Waals surface area contributed by atoms with Gasteiger partial charge in [0.2, 0.25) is 5.91 Å². The van der Waals surface area contributed by atoms with E-state index in [-0.39, 0.29) is 29.2 Å². The van der Waals surface area contributed by atoms with E-state index in [4.69, 9.17) is 0 Å². The number of hydrogen-bond acceptors (Lipinski definition) is 4. The fourth-order valence-electron chi connectivity index (χ4n) is 1.41. The van der Waals surface area contributed by atoms with Gasteiger partial charge >= 0.3 is 5.97 Å². The van der Waals surface area contributed by atoms with Crippen molar-refractivity contribution in [3.05, 3.63) is 29.6 Å². The van der Waals surface area contributed by atoms with Crippen molar-refractivity contribution in [3.63, 3.8) is 0 Å². The Kier molecular flexibility index (Phi) is 5.21. The third-order valence-electron chi connectivity index (χ3n) is 2.44. The van der Waals surface area contributed by atoms with Gasteiger partial charge in [-0.2, -0.15) is 0 Å². The van der Waals surface area contributed by atoms with E-state index in [1.165, 1.54) is 19.2 Å². The molecule has 1 aromatic carbocycles. The Bertz CT molecular complexity index is 510. The molecule has 0 atom stereocenters. The van der Waals surface area contributed by atoms with Crippen LogP contribution in [0.4, 0.5) is 10.1 Å². The molecule has 2 N–H and O–H groups in total. The molecule has 1 amide bonds. The SMILES string of the molecule is COC(=O)c1ccc(F)c(NC(=O)CNC(C)(C)C)c1. The molecule has 0 aromatic heterocycles. The summed E-state index contributed by atoms with van der Waals surface area (Å²) in [5, 5.41) is 5.40. The summed E-state index contributed by atoms with van der Waals surface area (Å²) < 4.78 is 18.1. The van der Waals surface area contributed by atoms with Crippen molar-refractivity contribution in [1.29, 1.82) is 0 Å². The Labute approximate surface area is 117 Å². The molecule has 6 heteroatoms. The molecule has 110 valence electrons. The highest BCUT2D eigenvalue weighted by Gasteiger charge is 2.14. The fraction of sp³-hybridized carbons (Fsp3) is 0.429. The normalized spacial score (nSPS) is 11.1. The van der Waals surface area contributed by atoms with Gasteiger partial charge in [0.25, 0.3) is 0 Å². The number of anilines is 1. The van der Waals surface area contributed by atoms with Gasteiger partial charge in [-0.1, -0.05) is 0 Å². The summed E-state index contributed by atoms with van der Waals surface area (Å²) in [6.45, 7) is 5.79. The minimum absolute atomic E-state index is 0.0470. The molecular formula is C14H19FN2O3. The zero-order chi connectivity index (χ0) is 15.3. The number of halogens is 1. The van der Waals surface area contributed by atoms with Crippen molar-refractivity contribution in [1.82, 2.24) is 5.32 Å². The number of hydrogen-bond donors (Lipinski definition) is 2.